The van der Waals surface area contributed by atoms with E-state index in [9.17, 15) is 9.90 Å². The molecule has 1 fully saturated rings. The molecule has 1 aliphatic rings. The summed E-state index contributed by atoms with van der Waals surface area (Å²) in [6.45, 7) is 1.83. The van der Waals surface area contributed by atoms with Crippen LogP contribution in [0.2, 0.25) is 0 Å². The maximum absolute atomic E-state index is 11.3. The van der Waals surface area contributed by atoms with Crippen LogP contribution in [0.25, 0.3) is 0 Å². The van der Waals surface area contributed by atoms with Crippen LogP contribution in [0.15, 0.2) is 0 Å². The molecule has 3 nitrogen and oxygen atoms in total. The van der Waals surface area contributed by atoms with Crippen molar-refractivity contribution in [1.29, 1.82) is 0 Å². The van der Waals surface area contributed by atoms with Crippen molar-refractivity contribution in [3.63, 3.8) is 0 Å². The highest BCUT2D eigenvalue weighted by atomic mass is 16.4. The van der Waals surface area contributed by atoms with Crippen LogP contribution in [0.5, 0.6) is 0 Å². The Kier molecular flexibility index (Phi) is 3.93. The van der Waals surface area contributed by atoms with Gasteiger partial charge in [-0.2, -0.15) is 0 Å². The van der Waals surface area contributed by atoms with Gasteiger partial charge >= 0.3 is 5.97 Å². The molecule has 0 radical (unpaired) electrons. The minimum absolute atomic E-state index is 0.0215. The third kappa shape index (κ3) is 2.08. The molecular formula is C11H20O3. The van der Waals surface area contributed by atoms with Gasteiger partial charge in [0.05, 0.1) is 5.41 Å². The van der Waals surface area contributed by atoms with Gasteiger partial charge in [-0.3, -0.25) is 4.79 Å². The van der Waals surface area contributed by atoms with Gasteiger partial charge in [0.25, 0.3) is 0 Å². The summed E-state index contributed by atoms with van der Waals surface area (Å²) in [4.78, 5) is 11.3. The fourth-order valence-electron chi connectivity index (χ4n) is 2.45. The van der Waals surface area contributed by atoms with E-state index in [-0.39, 0.29) is 12.5 Å². The summed E-state index contributed by atoms with van der Waals surface area (Å²) in [5.41, 5.74) is -0.661. The number of carboxylic acids is 1. The van der Waals surface area contributed by atoms with Crippen LogP contribution in [-0.4, -0.2) is 22.8 Å². The van der Waals surface area contributed by atoms with E-state index in [2.05, 4.69) is 0 Å². The van der Waals surface area contributed by atoms with Gasteiger partial charge in [-0.05, 0) is 18.8 Å². The third-order valence-corrected chi connectivity index (χ3v) is 3.64. The van der Waals surface area contributed by atoms with E-state index in [0.717, 1.165) is 38.5 Å². The topological polar surface area (TPSA) is 57.5 Å². The maximum atomic E-state index is 11.3. The van der Waals surface area contributed by atoms with Crippen molar-refractivity contribution >= 4 is 5.97 Å². The largest absolute Gasteiger partial charge is 0.481 e. The second-order valence-corrected chi connectivity index (χ2v) is 4.46. The molecule has 0 spiro atoms. The van der Waals surface area contributed by atoms with Crippen LogP contribution < -0.4 is 0 Å². The lowest BCUT2D eigenvalue weighted by Gasteiger charge is -2.33. The Morgan fingerprint density at radius 2 is 1.79 bits per heavy atom. The third-order valence-electron chi connectivity index (χ3n) is 3.64. The van der Waals surface area contributed by atoms with Crippen LogP contribution in [0, 0.1) is 11.3 Å². The summed E-state index contributed by atoms with van der Waals surface area (Å²) in [6, 6.07) is 0. The number of hydrogen-bond acceptors (Lipinski definition) is 2. The highest BCUT2D eigenvalue weighted by Gasteiger charge is 2.42. The standard InChI is InChI=1S/C11H20O3/c1-9(8-12)11(10(13)14)6-4-2-3-5-7-11/h9,12H,2-8H2,1H3,(H,13,14). The summed E-state index contributed by atoms with van der Waals surface area (Å²) in [5.74, 6) is -0.848. The molecule has 0 heterocycles. The number of rotatable bonds is 3. The van der Waals surface area contributed by atoms with E-state index in [1.807, 2.05) is 6.92 Å². The minimum Gasteiger partial charge on any atom is -0.481 e. The van der Waals surface area contributed by atoms with E-state index in [1.165, 1.54) is 0 Å². The van der Waals surface area contributed by atoms with Crippen molar-refractivity contribution < 1.29 is 15.0 Å². The van der Waals surface area contributed by atoms with Crippen LogP contribution in [-0.2, 0) is 4.79 Å². The molecule has 0 aromatic carbocycles. The molecule has 2 N–H and O–H groups in total. The molecule has 0 aromatic heterocycles. The SMILES string of the molecule is CC(CO)C1(C(=O)O)CCCCCC1. The molecule has 1 aliphatic carbocycles. The molecule has 0 amide bonds. The zero-order valence-corrected chi connectivity index (χ0v) is 8.83. The summed E-state index contributed by atoms with van der Waals surface area (Å²) >= 11 is 0. The molecule has 82 valence electrons. The number of hydrogen-bond donors (Lipinski definition) is 2. The summed E-state index contributed by atoms with van der Waals surface area (Å²) in [5, 5.41) is 18.4. The molecule has 1 rings (SSSR count). The molecule has 0 saturated heterocycles. The Labute approximate surface area is 85.1 Å². The van der Waals surface area contributed by atoms with E-state index < -0.39 is 11.4 Å². The number of carboxylic acid groups (broad SMARTS) is 1. The van der Waals surface area contributed by atoms with E-state index >= 15 is 0 Å². The summed E-state index contributed by atoms with van der Waals surface area (Å²) in [6.07, 6.45) is 5.68. The van der Waals surface area contributed by atoms with Crippen molar-refractivity contribution in [3.05, 3.63) is 0 Å². The first kappa shape index (κ1) is 11.5. The Bertz CT molecular complexity index is 193. The van der Waals surface area contributed by atoms with Crippen LogP contribution >= 0.6 is 0 Å². The highest BCUT2D eigenvalue weighted by molar-refractivity contribution is 5.75. The lowest BCUT2D eigenvalue weighted by atomic mass is 9.71. The molecule has 0 aliphatic heterocycles. The summed E-state index contributed by atoms with van der Waals surface area (Å²) in [7, 11) is 0. The minimum atomic E-state index is -0.721. The number of aliphatic carboxylic acids is 1. The second kappa shape index (κ2) is 4.78. The van der Waals surface area contributed by atoms with Crippen LogP contribution in [0.1, 0.15) is 45.4 Å². The van der Waals surface area contributed by atoms with Gasteiger partial charge in [0.1, 0.15) is 0 Å². The molecule has 1 atom stereocenters. The molecule has 14 heavy (non-hydrogen) atoms. The average molecular weight is 200 g/mol. The Morgan fingerprint density at radius 3 is 2.14 bits per heavy atom. The van der Waals surface area contributed by atoms with Gasteiger partial charge in [-0.15, -0.1) is 0 Å². The smallest absolute Gasteiger partial charge is 0.309 e. The second-order valence-electron chi connectivity index (χ2n) is 4.46. The van der Waals surface area contributed by atoms with Crippen molar-refractivity contribution in [1.82, 2.24) is 0 Å². The van der Waals surface area contributed by atoms with Crippen molar-refractivity contribution in [2.75, 3.05) is 6.61 Å². The van der Waals surface area contributed by atoms with Gasteiger partial charge in [0.2, 0.25) is 0 Å². The van der Waals surface area contributed by atoms with Gasteiger partial charge in [-0.1, -0.05) is 32.6 Å². The summed E-state index contributed by atoms with van der Waals surface area (Å²) < 4.78 is 0. The van der Waals surface area contributed by atoms with Gasteiger partial charge in [0, 0.05) is 6.61 Å². The normalized spacial score (nSPS) is 23.9. The van der Waals surface area contributed by atoms with Crippen LogP contribution in [0.4, 0.5) is 0 Å². The zero-order valence-electron chi connectivity index (χ0n) is 8.83. The average Bonchev–Trinajstić information content (AvgIpc) is 2.42. The van der Waals surface area contributed by atoms with Gasteiger partial charge in [0.15, 0.2) is 0 Å². The maximum Gasteiger partial charge on any atom is 0.309 e. The molecular weight excluding hydrogens is 180 g/mol. The number of aliphatic hydroxyl groups is 1. The van der Waals surface area contributed by atoms with Crippen LogP contribution in [0.3, 0.4) is 0 Å². The first-order valence-electron chi connectivity index (χ1n) is 5.48. The predicted molar refractivity (Wildman–Crippen MR) is 54.0 cm³/mol. The highest BCUT2D eigenvalue weighted by Crippen LogP contribution is 2.41. The Morgan fingerprint density at radius 1 is 1.29 bits per heavy atom. The van der Waals surface area contributed by atoms with Gasteiger partial charge in [-0.25, -0.2) is 0 Å². The first-order valence-corrected chi connectivity index (χ1v) is 5.48. The van der Waals surface area contributed by atoms with E-state index in [4.69, 9.17) is 5.11 Å². The quantitative estimate of drug-likeness (QED) is 0.685. The fraction of sp³-hybridized carbons (Fsp3) is 0.909. The first-order chi connectivity index (χ1) is 6.63. The molecule has 0 aromatic rings. The Balaban J connectivity index is 2.83. The van der Waals surface area contributed by atoms with Crippen molar-refractivity contribution in [2.45, 2.75) is 45.4 Å². The molecule has 1 unspecified atom stereocenters. The van der Waals surface area contributed by atoms with Crippen molar-refractivity contribution in [2.24, 2.45) is 11.3 Å². The van der Waals surface area contributed by atoms with Crippen molar-refractivity contribution in [3.8, 4) is 0 Å². The Hall–Kier alpha value is -0.570. The predicted octanol–water partition coefficient (Wildman–Crippen LogP) is 2.04. The molecule has 1 saturated carbocycles. The van der Waals surface area contributed by atoms with E-state index in [1.54, 1.807) is 0 Å². The lowest BCUT2D eigenvalue weighted by molar-refractivity contribution is -0.154. The monoisotopic (exact) mass is 200 g/mol. The molecule has 3 heteroatoms. The van der Waals surface area contributed by atoms with E-state index in [0.29, 0.717) is 0 Å². The fourth-order valence-corrected chi connectivity index (χ4v) is 2.45. The lowest BCUT2D eigenvalue weighted by Crippen LogP contribution is -2.38. The molecule has 0 bridgehead atoms. The number of aliphatic hydroxyl groups excluding tert-OH is 1. The van der Waals surface area contributed by atoms with Gasteiger partial charge < -0.3 is 10.2 Å². The number of carbonyl (C=O) groups is 1. The zero-order chi connectivity index (χ0) is 10.6.